The van der Waals surface area contributed by atoms with Crippen molar-refractivity contribution in [3.63, 3.8) is 0 Å². The standard InChI is InChI=1S/C29H34F5N3O2/c1-3-18-13-36(14-18)8-9-39-20-11-23(30)26(24(31)12-20)28-27-22(21-6-4-5-7-25(21)35-27)10-17(2)37(28)15-19(16-38)29(32,33)34/h4-7,11-12,17-19,28,35,38H,3,8-10,13-16H2,1-2H3/t17-,19-,28-/m1/s1. The fraction of sp³-hybridized carbons (Fsp3) is 0.517. The number of aromatic nitrogens is 1. The molecule has 3 atom stereocenters. The normalized spacial score (nSPS) is 21.6. The molecule has 1 aromatic heterocycles. The summed E-state index contributed by atoms with van der Waals surface area (Å²) in [5.74, 6) is -3.12. The number of hydrogen-bond donors (Lipinski definition) is 2. The Kier molecular flexibility index (Phi) is 7.90. The van der Waals surface area contributed by atoms with Crippen molar-refractivity contribution in [2.45, 2.75) is 44.9 Å². The maximum absolute atomic E-state index is 15.7. The quantitative estimate of drug-likeness (QED) is 0.337. The third kappa shape index (κ3) is 5.51. The van der Waals surface area contributed by atoms with Crippen molar-refractivity contribution in [2.24, 2.45) is 11.8 Å². The molecule has 0 saturated carbocycles. The molecule has 3 heterocycles. The van der Waals surface area contributed by atoms with Crippen LogP contribution in [0.3, 0.4) is 0 Å². The highest BCUT2D eigenvalue weighted by Crippen LogP contribution is 2.44. The van der Waals surface area contributed by atoms with Gasteiger partial charge in [0.05, 0.1) is 18.6 Å². The van der Waals surface area contributed by atoms with Crippen LogP contribution in [-0.2, 0) is 6.42 Å². The number of likely N-dealkylation sites (tertiary alicyclic amines) is 1. The molecule has 1 fully saturated rings. The fourth-order valence-corrected chi connectivity index (χ4v) is 5.94. The molecule has 39 heavy (non-hydrogen) atoms. The summed E-state index contributed by atoms with van der Waals surface area (Å²) in [6.45, 7) is 5.05. The second kappa shape index (κ2) is 11.1. The zero-order chi connectivity index (χ0) is 27.9. The molecule has 0 aliphatic carbocycles. The molecule has 3 aromatic rings. The first-order valence-corrected chi connectivity index (χ1v) is 13.5. The van der Waals surface area contributed by atoms with Crippen LogP contribution in [0.5, 0.6) is 5.75 Å². The molecule has 2 aliphatic rings. The average Bonchev–Trinajstić information content (AvgIpc) is 3.21. The highest BCUT2D eigenvalue weighted by atomic mass is 19.4. The molecule has 0 unspecified atom stereocenters. The van der Waals surface area contributed by atoms with Gasteiger partial charge in [-0.2, -0.15) is 13.2 Å². The number of aliphatic hydroxyl groups is 1. The number of alkyl halides is 3. The molecule has 2 aromatic carbocycles. The van der Waals surface area contributed by atoms with Crippen molar-refractivity contribution in [1.82, 2.24) is 14.8 Å². The summed E-state index contributed by atoms with van der Waals surface area (Å²) in [5.41, 5.74) is 1.69. The van der Waals surface area contributed by atoms with Gasteiger partial charge in [0.25, 0.3) is 0 Å². The summed E-state index contributed by atoms with van der Waals surface area (Å²) in [4.78, 5) is 6.89. The Morgan fingerprint density at radius 1 is 1.13 bits per heavy atom. The molecule has 5 rings (SSSR count). The first kappa shape index (κ1) is 27.9. The van der Waals surface area contributed by atoms with Gasteiger partial charge in [0.2, 0.25) is 0 Å². The molecule has 0 bridgehead atoms. The van der Waals surface area contributed by atoms with Crippen LogP contribution in [0.15, 0.2) is 36.4 Å². The second-order valence-corrected chi connectivity index (χ2v) is 10.8. The molecular formula is C29H34F5N3O2. The third-order valence-corrected chi connectivity index (χ3v) is 8.24. The number of benzene rings is 2. The van der Waals surface area contributed by atoms with Crippen LogP contribution in [0.1, 0.15) is 43.1 Å². The van der Waals surface area contributed by atoms with Crippen molar-refractivity contribution in [3.8, 4) is 5.75 Å². The minimum absolute atomic E-state index is 0.0390. The maximum Gasteiger partial charge on any atom is 0.395 e. The zero-order valence-corrected chi connectivity index (χ0v) is 22.1. The van der Waals surface area contributed by atoms with E-state index in [0.717, 1.165) is 48.1 Å². The summed E-state index contributed by atoms with van der Waals surface area (Å²) in [7, 11) is 0. The third-order valence-electron chi connectivity index (χ3n) is 8.24. The van der Waals surface area contributed by atoms with E-state index in [2.05, 4.69) is 16.8 Å². The lowest BCUT2D eigenvalue weighted by molar-refractivity contribution is -0.191. The SMILES string of the molecule is CCC1CN(CCOc2cc(F)c([C@@H]3c4[nH]c5ccccc5c4C[C@@H](C)N3C[C@H](CO)C(F)(F)F)c(F)c2)C1. The van der Waals surface area contributed by atoms with Crippen LogP contribution in [0, 0.1) is 23.5 Å². The molecule has 2 N–H and O–H groups in total. The summed E-state index contributed by atoms with van der Waals surface area (Å²) < 4.78 is 78.2. The molecule has 0 amide bonds. The first-order valence-electron chi connectivity index (χ1n) is 13.5. The van der Waals surface area contributed by atoms with Gasteiger partial charge in [-0.25, -0.2) is 8.78 Å². The molecular weight excluding hydrogens is 517 g/mol. The van der Waals surface area contributed by atoms with E-state index in [0.29, 0.717) is 24.6 Å². The number of ether oxygens (including phenoxy) is 1. The van der Waals surface area contributed by atoms with Gasteiger partial charge in [-0.15, -0.1) is 0 Å². The molecule has 0 radical (unpaired) electrons. The van der Waals surface area contributed by atoms with Gasteiger partial charge in [0.1, 0.15) is 24.0 Å². The van der Waals surface area contributed by atoms with Gasteiger partial charge in [0, 0.05) is 66.5 Å². The maximum atomic E-state index is 15.7. The number of aromatic amines is 1. The lowest BCUT2D eigenvalue weighted by Gasteiger charge is -2.42. The van der Waals surface area contributed by atoms with E-state index in [4.69, 9.17) is 4.74 Å². The smallest absolute Gasteiger partial charge is 0.395 e. The molecule has 0 spiro atoms. The Morgan fingerprint density at radius 2 is 1.82 bits per heavy atom. The number of fused-ring (bicyclic) bond motifs is 3. The van der Waals surface area contributed by atoms with Crippen molar-refractivity contribution >= 4 is 10.9 Å². The topological polar surface area (TPSA) is 51.7 Å². The monoisotopic (exact) mass is 551 g/mol. The highest BCUT2D eigenvalue weighted by Gasteiger charge is 2.45. The van der Waals surface area contributed by atoms with Crippen LogP contribution >= 0.6 is 0 Å². The lowest BCUT2D eigenvalue weighted by Crippen LogP contribution is -2.48. The Labute approximate surface area is 224 Å². The predicted octanol–water partition coefficient (Wildman–Crippen LogP) is 5.67. The van der Waals surface area contributed by atoms with Crippen LogP contribution in [-0.4, -0.2) is 71.5 Å². The Balaban J connectivity index is 1.48. The Bertz CT molecular complexity index is 1280. The summed E-state index contributed by atoms with van der Waals surface area (Å²) in [6, 6.07) is 7.99. The molecule has 5 nitrogen and oxygen atoms in total. The minimum atomic E-state index is -4.66. The van der Waals surface area contributed by atoms with Gasteiger partial charge >= 0.3 is 6.18 Å². The van der Waals surface area contributed by atoms with Gasteiger partial charge in [-0.1, -0.05) is 31.5 Å². The van der Waals surface area contributed by atoms with Gasteiger partial charge in [0.15, 0.2) is 0 Å². The number of aliphatic hydroxyl groups excluding tert-OH is 1. The largest absolute Gasteiger partial charge is 0.492 e. The van der Waals surface area contributed by atoms with Crippen molar-refractivity contribution in [2.75, 3.05) is 39.4 Å². The number of nitrogens with one attached hydrogen (secondary N) is 1. The fourth-order valence-electron chi connectivity index (χ4n) is 5.94. The van der Waals surface area contributed by atoms with E-state index in [1.54, 1.807) is 6.92 Å². The van der Waals surface area contributed by atoms with Gasteiger partial charge in [-0.05, 0) is 30.9 Å². The van der Waals surface area contributed by atoms with Crippen molar-refractivity contribution in [3.05, 3.63) is 64.9 Å². The van der Waals surface area contributed by atoms with E-state index in [-0.39, 0.29) is 17.9 Å². The lowest BCUT2D eigenvalue weighted by atomic mass is 9.87. The van der Waals surface area contributed by atoms with Gasteiger partial charge in [-0.3, -0.25) is 9.80 Å². The molecule has 10 heteroatoms. The number of hydrogen-bond acceptors (Lipinski definition) is 4. The van der Waals surface area contributed by atoms with Crippen molar-refractivity contribution < 1.29 is 31.8 Å². The highest BCUT2D eigenvalue weighted by molar-refractivity contribution is 5.85. The number of rotatable bonds is 9. The number of para-hydroxylation sites is 1. The molecule has 212 valence electrons. The predicted molar refractivity (Wildman–Crippen MR) is 139 cm³/mol. The Hall–Kier alpha value is -2.69. The second-order valence-electron chi connectivity index (χ2n) is 10.8. The van der Waals surface area contributed by atoms with Crippen LogP contribution in [0.25, 0.3) is 10.9 Å². The summed E-state index contributed by atoms with van der Waals surface area (Å²) in [5, 5.41) is 10.4. The number of nitrogens with zero attached hydrogens (tertiary/aromatic N) is 2. The summed E-state index contributed by atoms with van der Waals surface area (Å²) in [6.07, 6.45) is -3.15. The van der Waals surface area contributed by atoms with Crippen LogP contribution in [0.2, 0.25) is 0 Å². The van der Waals surface area contributed by atoms with Crippen LogP contribution < -0.4 is 4.74 Å². The average molecular weight is 552 g/mol. The minimum Gasteiger partial charge on any atom is -0.492 e. The first-order chi connectivity index (χ1) is 18.6. The Morgan fingerprint density at radius 3 is 2.46 bits per heavy atom. The number of halogens is 5. The molecule has 1 saturated heterocycles. The van der Waals surface area contributed by atoms with E-state index in [9.17, 15) is 18.3 Å². The number of H-pyrrole nitrogens is 1. The van der Waals surface area contributed by atoms with E-state index in [1.165, 1.54) is 4.90 Å². The van der Waals surface area contributed by atoms with E-state index < -0.39 is 49.0 Å². The van der Waals surface area contributed by atoms with Crippen LogP contribution in [0.4, 0.5) is 22.0 Å². The summed E-state index contributed by atoms with van der Waals surface area (Å²) >= 11 is 0. The zero-order valence-electron chi connectivity index (χ0n) is 22.1. The molecule has 2 aliphatic heterocycles. The van der Waals surface area contributed by atoms with E-state index >= 15 is 8.78 Å². The van der Waals surface area contributed by atoms with Gasteiger partial charge < -0.3 is 14.8 Å². The van der Waals surface area contributed by atoms with E-state index in [1.807, 2.05) is 24.3 Å². The van der Waals surface area contributed by atoms with Crippen molar-refractivity contribution in [1.29, 1.82) is 0 Å².